The molecule has 0 spiro atoms. The second-order valence-electron chi connectivity index (χ2n) is 10.0. The summed E-state index contributed by atoms with van der Waals surface area (Å²) in [6.45, 7) is 12.6. The maximum atomic E-state index is 13.8. The molecular formula is C27H42N2O3S. The molecule has 184 valence electrons. The van der Waals surface area contributed by atoms with Crippen LogP contribution >= 0.6 is 0 Å². The molecule has 1 aliphatic rings. The Kier molecular flexibility index (Phi) is 9.92. The molecule has 0 bridgehead atoms. The molecule has 0 saturated carbocycles. The van der Waals surface area contributed by atoms with E-state index >= 15 is 0 Å². The Hall–Kier alpha value is -1.92. The highest BCUT2D eigenvalue weighted by atomic mass is 32.2. The van der Waals surface area contributed by atoms with Gasteiger partial charge in [-0.1, -0.05) is 77.5 Å². The quantitative estimate of drug-likeness (QED) is 0.301. The molecule has 2 rings (SSSR count). The molecule has 33 heavy (non-hydrogen) atoms. The molecule has 1 aromatic rings. The zero-order valence-corrected chi connectivity index (χ0v) is 22.0. The molecule has 0 heterocycles. The van der Waals surface area contributed by atoms with Crippen molar-refractivity contribution in [2.45, 2.75) is 102 Å². The van der Waals surface area contributed by atoms with E-state index in [9.17, 15) is 13.2 Å². The van der Waals surface area contributed by atoms with Gasteiger partial charge in [0, 0.05) is 0 Å². The van der Waals surface area contributed by atoms with E-state index in [1.807, 2.05) is 39.8 Å². The van der Waals surface area contributed by atoms with Crippen LogP contribution in [0.15, 0.2) is 40.8 Å². The lowest BCUT2D eigenvalue weighted by atomic mass is 9.89. The molecule has 0 fully saturated rings. The van der Waals surface area contributed by atoms with Crippen LogP contribution in [0, 0.1) is 0 Å². The van der Waals surface area contributed by atoms with Gasteiger partial charge in [-0.2, -0.15) is 0 Å². The van der Waals surface area contributed by atoms with E-state index in [0.29, 0.717) is 6.54 Å². The maximum Gasteiger partial charge on any atom is 0.250 e. The van der Waals surface area contributed by atoms with Crippen molar-refractivity contribution in [1.29, 1.82) is 0 Å². The van der Waals surface area contributed by atoms with E-state index < -0.39 is 21.1 Å². The summed E-state index contributed by atoms with van der Waals surface area (Å²) >= 11 is 0. The third-order valence-electron chi connectivity index (χ3n) is 6.28. The minimum absolute atomic E-state index is 0.00248. The number of hydrogen-bond donors (Lipinski definition) is 2. The SMILES string of the molecule is CC(C)c1cc(C(C)C)c(S(=O)(=O)C(NCCCCC2=CCC=CC2)C(N)=O)c(C(C)C)c1. The molecule has 1 aromatic carbocycles. The first-order valence-corrected chi connectivity index (χ1v) is 13.8. The molecule has 1 unspecified atom stereocenters. The predicted molar refractivity (Wildman–Crippen MR) is 137 cm³/mol. The van der Waals surface area contributed by atoms with Crippen molar-refractivity contribution in [2.24, 2.45) is 5.73 Å². The van der Waals surface area contributed by atoms with Gasteiger partial charge in [-0.05, 0) is 73.1 Å². The van der Waals surface area contributed by atoms with Gasteiger partial charge in [-0.15, -0.1) is 0 Å². The highest BCUT2D eigenvalue weighted by Crippen LogP contribution is 2.36. The van der Waals surface area contributed by atoms with Crippen LogP contribution in [-0.4, -0.2) is 26.2 Å². The van der Waals surface area contributed by atoms with E-state index in [0.717, 1.165) is 48.8 Å². The number of nitrogens with two attached hydrogens (primary N) is 1. The average Bonchev–Trinajstić information content (AvgIpc) is 2.75. The van der Waals surface area contributed by atoms with E-state index in [-0.39, 0.29) is 22.6 Å². The summed E-state index contributed by atoms with van der Waals surface area (Å²) in [7, 11) is -4.01. The lowest BCUT2D eigenvalue weighted by Crippen LogP contribution is -2.47. The molecule has 5 nitrogen and oxygen atoms in total. The lowest BCUT2D eigenvalue weighted by molar-refractivity contribution is -0.118. The Morgan fingerprint density at radius 2 is 1.58 bits per heavy atom. The average molecular weight is 475 g/mol. The van der Waals surface area contributed by atoms with Gasteiger partial charge in [-0.3, -0.25) is 10.1 Å². The highest BCUT2D eigenvalue weighted by Gasteiger charge is 2.36. The van der Waals surface area contributed by atoms with Gasteiger partial charge < -0.3 is 5.73 Å². The topological polar surface area (TPSA) is 89.3 Å². The number of nitrogens with one attached hydrogen (secondary N) is 1. The van der Waals surface area contributed by atoms with Gasteiger partial charge in [0.15, 0.2) is 5.37 Å². The number of carbonyl (C=O) groups excluding carboxylic acids is 1. The molecule has 0 saturated heterocycles. The standard InChI is InChI=1S/C27H42N2O3S/c1-18(2)22-16-23(19(3)4)25(24(17-22)20(5)6)33(31,32)27(26(28)30)29-15-11-10-14-21-12-8-7-9-13-21/h7-8,13,16-20,27,29H,9-12,14-15H2,1-6H3,(H2,28,30). The van der Waals surface area contributed by atoms with E-state index in [2.05, 4.69) is 37.4 Å². The molecule has 0 aliphatic heterocycles. The summed E-state index contributed by atoms with van der Waals surface area (Å²) in [5.41, 5.74) is 9.67. The van der Waals surface area contributed by atoms with Crippen LogP contribution in [0.25, 0.3) is 0 Å². The Bertz CT molecular complexity index is 960. The summed E-state index contributed by atoms with van der Waals surface area (Å²) in [5.74, 6) is -0.585. The zero-order chi connectivity index (χ0) is 24.8. The smallest absolute Gasteiger partial charge is 0.250 e. The summed E-state index contributed by atoms with van der Waals surface area (Å²) in [5, 5.41) is 1.53. The monoisotopic (exact) mass is 474 g/mol. The first-order valence-electron chi connectivity index (χ1n) is 12.2. The summed E-state index contributed by atoms with van der Waals surface area (Å²) in [6, 6.07) is 3.97. The number of sulfone groups is 1. The highest BCUT2D eigenvalue weighted by molar-refractivity contribution is 7.92. The van der Waals surface area contributed by atoms with E-state index in [1.54, 1.807) is 0 Å². The molecule has 0 aromatic heterocycles. The van der Waals surface area contributed by atoms with Crippen molar-refractivity contribution < 1.29 is 13.2 Å². The van der Waals surface area contributed by atoms with Crippen molar-refractivity contribution in [3.05, 3.63) is 52.6 Å². The van der Waals surface area contributed by atoms with Crippen LogP contribution in [-0.2, 0) is 14.6 Å². The lowest BCUT2D eigenvalue weighted by Gasteiger charge is -2.25. The second-order valence-corrected chi connectivity index (χ2v) is 12.0. The van der Waals surface area contributed by atoms with Gasteiger partial charge in [0.2, 0.25) is 9.84 Å². The normalized spacial score (nSPS) is 15.4. The minimum Gasteiger partial charge on any atom is -0.367 e. The Labute approximate surface area is 200 Å². The molecule has 1 amide bonds. The number of rotatable bonds is 12. The zero-order valence-electron chi connectivity index (χ0n) is 21.1. The van der Waals surface area contributed by atoms with Crippen molar-refractivity contribution in [1.82, 2.24) is 5.32 Å². The molecule has 1 atom stereocenters. The third-order valence-corrected chi connectivity index (χ3v) is 8.34. The van der Waals surface area contributed by atoms with Gasteiger partial charge >= 0.3 is 0 Å². The number of amides is 1. The van der Waals surface area contributed by atoms with Crippen LogP contribution in [0.3, 0.4) is 0 Å². The largest absolute Gasteiger partial charge is 0.367 e. The fraction of sp³-hybridized carbons (Fsp3) is 0.593. The predicted octanol–water partition coefficient (Wildman–Crippen LogP) is 5.68. The fourth-order valence-corrected chi connectivity index (χ4v) is 6.39. The fourth-order valence-electron chi connectivity index (χ4n) is 4.26. The van der Waals surface area contributed by atoms with E-state index in [4.69, 9.17) is 5.73 Å². The molecule has 6 heteroatoms. The van der Waals surface area contributed by atoms with Crippen LogP contribution in [0.4, 0.5) is 0 Å². The van der Waals surface area contributed by atoms with E-state index in [1.165, 1.54) is 5.57 Å². The first-order chi connectivity index (χ1) is 15.5. The van der Waals surface area contributed by atoms with Crippen LogP contribution < -0.4 is 11.1 Å². The van der Waals surface area contributed by atoms with Gasteiger partial charge in [-0.25, -0.2) is 8.42 Å². The van der Waals surface area contributed by atoms with Crippen molar-refractivity contribution in [3.8, 4) is 0 Å². The maximum absolute atomic E-state index is 13.8. The minimum atomic E-state index is -4.01. The Balaban J connectivity index is 2.29. The van der Waals surface area contributed by atoms with Crippen LogP contribution in [0.1, 0.15) is 108 Å². The number of unbranched alkanes of at least 4 members (excludes halogenated alkanes) is 1. The Morgan fingerprint density at radius 3 is 2.03 bits per heavy atom. The van der Waals surface area contributed by atoms with Crippen LogP contribution in [0.2, 0.25) is 0 Å². The van der Waals surface area contributed by atoms with Crippen molar-refractivity contribution in [3.63, 3.8) is 0 Å². The first kappa shape index (κ1) is 27.3. The third kappa shape index (κ3) is 7.03. The summed E-state index contributed by atoms with van der Waals surface area (Å²) in [4.78, 5) is 12.6. The Morgan fingerprint density at radius 1 is 0.970 bits per heavy atom. The number of allylic oxidation sites excluding steroid dienone is 4. The van der Waals surface area contributed by atoms with Gasteiger partial charge in [0.05, 0.1) is 4.90 Å². The van der Waals surface area contributed by atoms with Crippen molar-refractivity contribution in [2.75, 3.05) is 6.54 Å². The van der Waals surface area contributed by atoms with Gasteiger partial charge in [0.1, 0.15) is 0 Å². The second kappa shape index (κ2) is 12.0. The number of benzene rings is 1. The molecule has 3 N–H and O–H groups in total. The number of carbonyl (C=O) groups is 1. The molecule has 1 aliphatic carbocycles. The summed E-state index contributed by atoms with van der Waals surface area (Å²) in [6.07, 6.45) is 11.3. The number of primary amides is 1. The number of hydrogen-bond acceptors (Lipinski definition) is 4. The van der Waals surface area contributed by atoms with Crippen molar-refractivity contribution >= 4 is 15.7 Å². The van der Waals surface area contributed by atoms with Gasteiger partial charge in [0.25, 0.3) is 5.91 Å². The van der Waals surface area contributed by atoms with Crippen LogP contribution in [0.5, 0.6) is 0 Å². The summed E-state index contributed by atoms with van der Waals surface area (Å²) < 4.78 is 27.7. The molecular weight excluding hydrogens is 432 g/mol. The molecule has 0 radical (unpaired) electrons.